The highest BCUT2D eigenvalue weighted by atomic mass is 19.4. The number of piperazine rings is 2. The Morgan fingerprint density at radius 2 is 1.91 bits per heavy atom. The maximum atomic E-state index is 13.8. The van der Waals surface area contributed by atoms with E-state index in [1.807, 2.05) is 4.90 Å². The summed E-state index contributed by atoms with van der Waals surface area (Å²) in [6.07, 6.45) is -3.15. The highest BCUT2D eigenvalue weighted by molar-refractivity contribution is 5.82. The molecule has 2 fully saturated rings. The van der Waals surface area contributed by atoms with Crippen LogP contribution in [0.3, 0.4) is 0 Å². The van der Waals surface area contributed by atoms with Crippen LogP contribution in [0.2, 0.25) is 0 Å². The van der Waals surface area contributed by atoms with E-state index in [9.17, 15) is 22.4 Å². The highest BCUT2D eigenvalue weighted by Crippen LogP contribution is 2.34. The molecule has 0 aliphatic carbocycles. The summed E-state index contributed by atoms with van der Waals surface area (Å²) in [4.78, 5) is 20.5. The summed E-state index contributed by atoms with van der Waals surface area (Å²) in [5.74, 6) is -0.511. The third kappa shape index (κ3) is 3.93. The van der Waals surface area contributed by atoms with Gasteiger partial charge in [0, 0.05) is 44.8 Å². The first-order chi connectivity index (χ1) is 15.3. The summed E-state index contributed by atoms with van der Waals surface area (Å²) in [5.41, 5.74) is -0.319. The van der Waals surface area contributed by atoms with Gasteiger partial charge in [-0.1, -0.05) is 0 Å². The van der Waals surface area contributed by atoms with Crippen LogP contribution in [0.25, 0.3) is 16.9 Å². The lowest BCUT2D eigenvalue weighted by molar-refractivity contribution is -0.136. The predicted octanol–water partition coefficient (Wildman–Crippen LogP) is 2.17. The van der Waals surface area contributed by atoms with E-state index in [0.717, 1.165) is 17.1 Å². The van der Waals surface area contributed by atoms with Gasteiger partial charge in [-0.05, 0) is 30.3 Å². The molecule has 1 N–H and O–H groups in total. The van der Waals surface area contributed by atoms with Crippen molar-refractivity contribution in [3.8, 4) is 11.3 Å². The molecule has 1 aromatic carbocycles. The summed E-state index contributed by atoms with van der Waals surface area (Å²) in [5, 5.41) is 7.13. The zero-order valence-electron chi connectivity index (χ0n) is 16.9. The van der Waals surface area contributed by atoms with E-state index in [-0.39, 0.29) is 23.3 Å². The molecule has 4 heterocycles. The summed E-state index contributed by atoms with van der Waals surface area (Å²) >= 11 is 0. The van der Waals surface area contributed by atoms with Gasteiger partial charge >= 0.3 is 6.18 Å². The minimum Gasteiger partial charge on any atom is -0.353 e. The van der Waals surface area contributed by atoms with Gasteiger partial charge in [-0.25, -0.2) is 13.9 Å². The second kappa shape index (κ2) is 7.82. The van der Waals surface area contributed by atoms with Gasteiger partial charge < -0.3 is 5.32 Å². The number of fused-ring (bicyclic) bond motifs is 2. The number of amides is 1. The molecule has 7 nitrogen and oxygen atoms in total. The van der Waals surface area contributed by atoms with E-state index in [2.05, 4.69) is 20.3 Å². The second-order valence-electron chi connectivity index (χ2n) is 8.03. The van der Waals surface area contributed by atoms with Crippen LogP contribution in [0.4, 0.5) is 17.6 Å². The summed E-state index contributed by atoms with van der Waals surface area (Å²) in [6.45, 7) is 3.63. The molecule has 3 aromatic rings. The molecular formula is C21H20F4N6O. The fraction of sp³-hybridized carbons (Fsp3) is 0.381. The lowest BCUT2D eigenvalue weighted by Gasteiger charge is -2.42. The molecule has 0 saturated carbocycles. The van der Waals surface area contributed by atoms with Gasteiger partial charge in [0.05, 0.1) is 17.6 Å². The Bertz CT molecular complexity index is 1160. The molecule has 2 aliphatic rings. The first kappa shape index (κ1) is 20.8. The molecule has 11 heteroatoms. The van der Waals surface area contributed by atoms with Crippen molar-refractivity contribution in [2.45, 2.75) is 18.8 Å². The smallest absolute Gasteiger partial charge is 0.353 e. The Kier molecular flexibility index (Phi) is 5.09. The number of alkyl halides is 3. The van der Waals surface area contributed by atoms with Gasteiger partial charge in [-0.15, -0.1) is 0 Å². The standard InChI is InChI=1S/C21H20F4N6O/c22-14-3-1-13(2-4-14)17-9-16(21(23,24)25)19-27-15(11-31(19)28-17)10-29-7-8-30-6-5-26-20(32)18(30)12-29/h1-4,9,11,18H,5-8,10,12H2,(H,26,32). The first-order valence-electron chi connectivity index (χ1n) is 10.2. The van der Waals surface area contributed by atoms with Crippen molar-refractivity contribution in [3.63, 3.8) is 0 Å². The van der Waals surface area contributed by atoms with Crippen LogP contribution in [0.1, 0.15) is 11.3 Å². The molecule has 0 radical (unpaired) electrons. The first-order valence-corrected chi connectivity index (χ1v) is 10.2. The Hall–Kier alpha value is -3.05. The number of hydrogen-bond acceptors (Lipinski definition) is 5. The Balaban J connectivity index is 1.46. The van der Waals surface area contributed by atoms with E-state index in [0.29, 0.717) is 44.0 Å². The van der Waals surface area contributed by atoms with E-state index >= 15 is 0 Å². The number of halogens is 4. The van der Waals surface area contributed by atoms with Crippen LogP contribution < -0.4 is 5.32 Å². The van der Waals surface area contributed by atoms with Crippen LogP contribution in [0.5, 0.6) is 0 Å². The molecular weight excluding hydrogens is 428 g/mol. The largest absolute Gasteiger partial charge is 0.420 e. The SMILES string of the molecule is O=C1NCCN2CCN(Cc3cn4nc(-c5ccc(F)cc5)cc(C(F)(F)F)c4n3)CC12. The Morgan fingerprint density at radius 1 is 1.12 bits per heavy atom. The zero-order valence-corrected chi connectivity index (χ0v) is 16.9. The number of carbonyl (C=O) groups excluding carboxylic acids is 1. The van der Waals surface area contributed by atoms with Gasteiger partial charge in [0.15, 0.2) is 5.65 Å². The minimum absolute atomic E-state index is 0.0269. The number of benzene rings is 1. The van der Waals surface area contributed by atoms with Crippen molar-refractivity contribution in [1.82, 2.24) is 29.7 Å². The number of imidazole rings is 1. The summed E-state index contributed by atoms with van der Waals surface area (Å²) in [7, 11) is 0. The van der Waals surface area contributed by atoms with Gasteiger partial charge in [0.2, 0.25) is 5.91 Å². The Morgan fingerprint density at radius 3 is 2.66 bits per heavy atom. The molecule has 32 heavy (non-hydrogen) atoms. The topological polar surface area (TPSA) is 65.8 Å². The monoisotopic (exact) mass is 448 g/mol. The van der Waals surface area contributed by atoms with Gasteiger partial charge in [0.25, 0.3) is 0 Å². The van der Waals surface area contributed by atoms with Crippen LogP contribution in [-0.2, 0) is 17.5 Å². The fourth-order valence-corrected chi connectivity index (χ4v) is 4.28. The van der Waals surface area contributed by atoms with Crippen LogP contribution in [0.15, 0.2) is 36.5 Å². The molecule has 1 unspecified atom stereocenters. The molecule has 2 aromatic heterocycles. The van der Waals surface area contributed by atoms with Crippen LogP contribution >= 0.6 is 0 Å². The third-order valence-electron chi connectivity index (χ3n) is 5.88. The highest BCUT2D eigenvalue weighted by Gasteiger charge is 2.37. The lowest BCUT2D eigenvalue weighted by atomic mass is 10.1. The molecule has 0 spiro atoms. The molecule has 2 saturated heterocycles. The quantitative estimate of drug-likeness (QED) is 0.623. The number of hydrogen-bond donors (Lipinski definition) is 1. The van der Waals surface area contributed by atoms with Gasteiger partial charge in [0.1, 0.15) is 17.4 Å². The number of aromatic nitrogens is 3. The van der Waals surface area contributed by atoms with Crippen molar-refractivity contribution in [2.75, 3.05) is 32.7 Å². The normalized spacial score (nSPS) is 20.4. The second-order valence-corrected chi connectivity index (χ2v) is 8.03. The van der Waals surface area contributed by atoms with Crippen molar-refractivity contribution in [2.24, 2.45) is 0 Å². The molecule has 1 atom stereocenters. The molecule has 2 aliphatic heterocycles. The van der Waals surface area contributed by atoms with Crippen molar-refractivity contribution in [1.29, 1.82) is 0 Å². The van der Waals surface area contributed by atoms with E-state index in [4.69, 9.17) is 0 Å². The van der Waals surface area contributed by atoms with Crippen molar-refractivity contribution >= 4 is 11.6 Å². The molecule has 0 bridgehead atoms. The van der Waals surface area contributed by atoms with Gasteiger partial charge in [-0.2, -0.15) is 18.3 Å². The molecule has 1 amide bonds. The third-order valence-corrected chi connectivity index (χ3v) is 5.88. The van der Waals surface area contributed by atoms with Crippen molar-refractivity contribution < 1.29 is 22.4 Å². The molecule has 168 valence electrons. The fourth-order valence-electron chi connectivity index (χ4n) is 4.28. The van der Waals surface area contributed by atoms with Gasteiger partial charge in [-0.3, -0.25) is 14.6 Å². The van der Waals surface area contributed by atoms with Crippen molar-refractivity contribution in [3.05, 3.63) is 53.6 Å². The minimum atomic E-state index is -4.63. The lowest BCUT2D eigenvalue weighted by Crippen LogP contribution is -2.63. The zero-order chi connectivity index (χ0) is 22.5. The van der Waals surface area contributed by atoms with Crippen LogP contribution in [-0.4, -0.2) is 69.1 Å². The summed E-state index contributed by atoms with van der Waals surface area (Å²) in [6, 6.07) is 5.80. The maximum Gasteiger partial charge on any atom is 0.420 e. The average Bonchev–Trinajstić information content (AvgIpc) is 3.15. The van der Waals surface area contributed by atoms with E-state index < -0.39 is 17.6 Å². The van der Waals surface area contributed by atoms with E-state index in [1.54, 1.807) is 0 Å². The maximum absolute atomic E-state index is 13.8. The summed E-state index contributed by atoms with van der Waals surface area (Å²) < 4.78 is 55.7. The van der Waals surface area contributed by atoms with E-state index in [1.165, 1.54) is 30.5 Å². The number of nitrogens with one attached hydrogen (secondary N) is 1. The van der Waals surface area contributed by atoms with Crippen LogP contribution in [0, 0.1) is 5.82 Å². The number of nitrogens with zero attached hydrogens (tertiary/aromatic N) is 5. The molecule has 5 rings (SSSR count). The number of rotatable bonds is 3. The average molecular weight is 448 g/mol. The predicted molar refractivity (Wildman–Crippen MR) is 107 cm³/mol. The number of carbonyl (C=O) groups is 1. The Labute approximate surface area is 180 Å².